The Morgan fingerprint density at radius 1 is 1.20 bits per heavy atom. The molecule has 0 saturated carbocycles. The van der Waals surface area contributed by atoms with Crippen LogP contribution in [0.1, 0.15) is 16.1 Å². The zero-order chi connectivity index (χ0) is 17.6. The van der Waals surface area contributed by atoms with Crippen molar-refractivity contribution in [2.45, 2.75) is 6.42 Å². The number of aromatic amines is 1. The molecule has 2 aromatic carbocycles. The lowest BCUT2D eigenvalue weighted by atomic mass is 10.1. The summed E-state index contributed by atoms with van der Waals surface area (Å²) in [6, 6.07) is 16.8. The normalized spacial score (nSPS) is 10.5. The molecule has 3 aromatic rings. The van der Waals surface area contributed by atoms with Gasteiger partial charge in [-0.15, -0.1) is 0 Å². The predicted molar refractivity (Wildman–Crippen MR) is 98.1 cm³/mol. The third-order valence-corrected chi connectivity index (χ3v) is 4.05. The molecule has 0 saturated heterocycles. The number of hydrogen-bond donors (Lipinski definition) is 2. The van der Waals surface area contributed by atoms with Gasteiger partial charge in [0, 0.05) is 17.1 Å². The van der Waals surface area contributed by atoms with Gasteiger partial charge < -0.3 is 10.1 Å². The summed E-state index contributed by atoms with van der Waals surface area (Å²) in [4.78, 5) is 12.2. The van der Waals surface area contributed by atoms with Crippen LogP contribution in [0.3, 0.4) is 0 Å². The zero-order valence-corrected chi connectivity index (χ0v) is 14.5. The maximum Gasteiger partial charge on any atom is 0.269 e. The second kappa shape index (κ2) is 7.85. The fraction of sp³-hybridized carbons (Fsp3) is 0.158. The largest absolute Gasteiger partial charge is 0.497 e. The van der Waals surface area contributed by atoms with Gasteiger partial charge >= 0.3 is 0 Å². The molecular weight excluding hydrogens is 338 g/mol. The van der Waals surface area contributed by atoms with Crippen LogP contribution in [0.15, 0.2) is 54.6 Å². The van der Waals surface area contributed by atoms with Crippen LogP contribution in [0, 0.1) is 0 Å². The van der Waals surface area contributed by atoms with E-state index in [4.69, 9.17) is 16.3 Å². The molecule has 0 spiro atoms. The van der Waals surface area contributed by atoms with E-state index in [0.717, 1.165) is 23.3 Å². The van der Waals surface area contributed by atoms with Gasteiger partial charge in [-0.25, -0.2) is 0 Å². The molecule has 0 radical (unpaired) electrons. The molecule has 1 aromatic heterocycles. The molecule has 0 unspecified atom stereocenters. The van der Waals surface area contributed by atoms with E-state index in [-0.39, 0.29) is 5.91 Å². The number of carbonyl (C=O) groups is 1. The average molecular weight is 356 g/mol. The highest BCUT2D eigenvalue weighted by Crippen LogP contribution is 2.22. The SMILES string of the molecule is COc1cccc(-c2cc(C(=O)NCCc3ccc(Cl)cc3)[nH]n2)c1. The number of nitrogens with one attached hydrogen (secondary N) is 2. The van der Waals surface area contributed by atoms with Crippen LogP contribution in [0.4, 0.5) is 0 Å². The molecule has 25 heavy (non-hydrogen) atoms. The van der Waals surface area contributed by atoms with Gasteiger partial charge in [-0.1, -0.05) is 35.9 Å². The van der Waals surface area contributed by atoms with E-state index < -0.39 is 0 Å². The van der Waals surface area contributed by atoms with Gasteiger partial charge in [-0.3, -0.25) is 9.89 Å². The number of halogens is 1. The molecule has 0 aliphatic rings. The quantitative estimate of drug-likeness (QED) is 0.708. The van der Waals surface area contributed by atoms with Gasteiger partial charge in [0.2, 0.25) is 0 Å². The molecule has 0 aliphatic heterocycles. The van der Waals surface area contributed by atoms with Gasteiger partial charge in [0.1, 0.15) is 11.4 Å². The smallest absolute Gasteiger partial charge is 0.269 e. The number of H-pyrrole nitrogens is 1. The molecule has 0 bridgehead atoms. The first-order valence-corrected chi connectivity index (χ1v) is 8.26. The third-order valence-electron chi connectivity index (χ3n) is 3.80. The Labute approximate surface area is 151 Å². The van der Waals surface area contributed by atoms with Crippen molar-refractivity contribution in [3.05, 3.63) is 70.9 Å². The molecule has 5 nitrogen and oxygen atoms in total. The molecule has 0 atom stereocenters. The van der Waals surface area contributed by atoms with Gasteiger partial charge in [0.15, 0.2) is 0 Å². The lowest BCUT2D eigenvalue weighted by Crippen LogP contribution is -2.26. The van der Waals surface area contributed by atoms with E-state index in [1.165, 1.54) is 0 Å². The van der Waals surface area contributed by atoms with Crippen LogP contribution in [0.5, 0.6) is 5.75 Å². The zero-order valence-electron chi connectivity index (χ0n) is 13.8. The molecule has 128 valence electrons. The summed E-state index contributed by atoms with van der Waals surface area (Å²) in [6.45, 7) is 0.536. The number of rotatable bonds is 6. The van der Waals surface area contributed by atoms with Crippen molar-refractivity contribution in [1.29, 1.82) is 0 Å². The van der Waals surface area contributed by atoms with Crippen LogP contribution < -0.4 is 10.1 Å². The predicted octanol–water partition coefficient (Wildman–Crippen LogP) is 3.71. The van der Waals surface area contributed by atoms with Crippen molar-refractivity contribution >= 4 is 17.5 Å². The number of methoxy groups -OCH3 is 1. The van der Waals surface area contributed by atoms with E-state index in [0.29, 0.717) is 23.0 Å². The van der Waals surface area contributed by atoms with Crippen molar-refractivity contribution in [2.75, 3.05) is 13.7 Å². The first kappa shape index (κ1) is 17.0. The minimum Gasteiger partial charge on any atom is -0.497 e. The van der Waals surface area contributed by atoms with Crippen molar-refractivity contribution in [3.8, 4) is 17.0 Å². The van der Waals surface area contributed by atoms with Crippen molar-refractivity contribution < 1.29 is 9.53 Å². The van der Waals surface area contributed by atoms with Gasteiger partial charge in [-0.2, -0.15) is 5.10 Å². The maximum absolute atomic E-state index is 12.2. The molecular formula is C19H18ClN3O2. The highest BCUT2D eigenvalue weighted by molar-refractivity contribution is 6.30. The van der Waals surface area contributed by atoms with Crippen molar-refractivity contribution in [2.24, 2.45) is 0 Å². The van der Waals surface area contributed by atoms with Gasteiger partial charge in [-0.05, 0) is 42.3 Å². The number of ether oxygens (including phenoxy) is 1. The Hall–Kier alpha value is -2.79. The molecule has 0 fully saturated rings. The first-order chi connectivity index (χ1) is 12.2. The Bertz CT molecular complexity index is 859. The molecule has 3 rings (SSSR count). The highest BCUT2D eigenvalue weighted by atomic mass is 35.5. The van der Waals surface area contributed by atoms with Crippen LogP contribution >= 0.6 is 11.6 Å². The van der Waals surface area contributed by atoms with E-state index in [9.17, 15) is 4.79 Å². The second-order valence-corrected chi connectivity index (χ2v) is 5.97. The minimum absolute atomic E-state index is 0.185. The number of carbonyl (C=O) groups excluding carboxylic acids is 1. The summed E-state index contributed by atoms with van der Waals surface area (Å²) in [5.41, 5.74) is 3.12. The number of aromatic nitrogens is 2. The van der Waals surface area contributed by atoms with Crippen molar-refractivity contribution in [1.82, 2.24) is 15.5 Å². The van der Waals surface area contributed by atoms with Gasteiger partial charge in [0.05, 0.1) is 12.8 Å². The Balaban J connectivity index is 1.59. The lowest BCUT2D eigenvalue weighted by Gasteiger charge is -2.04. The van der Waals surface area contributed by atoms with Crippen LogP contribution in [0.2, 0.25) is 5.02 Å². The third kappa shape index (κ3) is 4.39. The molecule has 0 aliphatic carbocycles. The summed E-state index contributed by atoms with van der Waals surface area (Å²) in [6.07, 6.45) is 0.736. The maximum atomic E-state index is 12.2. The molecule has 2 N–H and O–H groups in total. The second-order valence-electron chi connectivity index (χ2n) is 5.53. The number of nitrogens with zero attached hydrogens (tertiary/aromatic N) is 1. The van der Waals surface area contributed by atoms with Crippen LogP contribution in [-0.2, 0) is 6.42 Å². The van der Waals surface area contributed by atoms with E-state index in [2.05, 4.69) is 15.5 Å². The summed E-state index contributed by atoms with van der Waals surface area (Å²) in [5.74, 6) is 0.560. The first-order valence-electron chi connectivity index (χ1n) is 7.88. The van der Waals surface area contributed by atoms with E-state index in [1.54, 1.807) is 13.2 Å². The summed E-state index contributed by atoms with van der Waals surface area (Å²) in [5, 5.41) is 10.6. The number of benzene rings is 2. The topological polar surface area (TPSA) is 67.0 Å². The average Bonchev–Trinajstić information content (AvgIpc) is 3.14. The fourth-order valence-electron chi connectivity index (χ4n) is 2.43. The minimum atomic E-state index is -0.185. The standard InChI is InChI=1S/C19H18ClN3O2/c1-25-16-4-2-3-14(11-16)17-12-18(23-22-17)19(24)21-10-9-13-5-7-15(20)8-6-13/h2-8,11-12H,9-10H2,1H3,(H,21,24)(H,22,23). The van der Waals surface area contributed by atoms with Crippen molar-refractivity contribution in [3.63, 3.8) is 0 Å². The number of amides is 1. The summed E-state index contributed by atoms with van der Waals surface area (Å²) >= 11 is 5.86. The van der Waals surface area contributed by atoms with Crippen LogP contribution in [0.25, 0.3) is 11.3 Å². The number of hydrogen-bond acceptors (Lipinski definition) is 3. The van der Waals surface area contributed by atoms with Gasteiger partial charge in [0.25, 0.3) is 5.91 Å². The van der Waals surface area contributed by atoms with Crippen LogP contribution in [-0.4, -0.2) is 29.8 Å². The molecule has 1 heterocycles. The Kier molecular flexibility index (Phi) is 5.36. The monoisotopic (exact) mass is 355 g/mol. The van der Waals surface area contributed by atoms with E-state index >= 15 is 0 Å². The fourth-order valence-corrected chi connectivity index (χ4v) is 2.56. The lowest BCUT2D eigenvalue weighted by molar-refractivity contribution is 0.0949. The molecule has 6 heteroatoms. The summed E-state index contributed by atoms with van der Waals surface area (Å²) < 4.78 is 5.21. The Morgan fingerprint density at radius 2 is 2.00 bits per heavy atom. The summed E-state index contributed by atoms with van der Waals surface area (Å²) in [7, 11) is 1.61. The Morgan fingerprint density at radius 3 is 2.76 bits per heavy atom. The molecule has 1 amide bonds. The van der Waals surface area contributed by atoms with E-state index in [1.807, 2.05) is 48.5 Å². The highest BCUT2D eigenvalue weighted by Gasteiger charge is 2.11.